The third kappa shape index (κ3) is 2.07. The Bertz CT molecular complexity index is 680. The highest BCUT2D eigenvalue weighted by Gasteiger charge is 2.56. The number of imide groups is 1. The fourth-order valence-electron chi connectivity index (χ4n) is 3.88. The molecule has 1 saturated carbocycles. The molecule has 4 atom stereocenters. The molecule has 0 unspecified atom stereocenters. The zero-order valence-corrected chi connectivity index (χ0v) is 13.4. The number of rotatable bonds is 2. The molecule has 0 aromatic heterocycles. The maximum absolute atomic E-state index is 12.6. The predicted molar refractivity (Wildman–Crippen MR) is 85.9 cm³/mol. The van der Waals surface area contributed by atoms with Crippen LogP contribution in [-0.2, 0) is 9.59 Å². The van der Waals surface area contributed by atoms with Gasteiger partial charge in [-0.3, -0.25) is 9.59 Å². The average Bonchev–Trinajstić information content (AvgIpc) is 2.80. The Kier molecular flexibility index (Phi) is 3.26. The van der Waals surface area contributed by atoms with Gasteiger partial charge < -0.3 is 0 Å². The van der Waals surface area contributed by atoms with Gasteiger partial charge >= 0.3 is 0 Å². The minimum Gasteiger partial charge on any atom is -0.272 e. The second-order valence-corrected chi connectivity index (χ2v) is 7.05. The molecule has 1 aromatic rings. The van der Waals surface area contributed by atoms with Gasteiger partial charge in [0, 0.05) is 4.47 Å². The smallest absolute Gasteiger partial charge is 0.254 e. The average molecular weight is 359 g/mol. The number of hydrazone groups is 1. The number of allylic oxidation sites excluding steroid dienone is 2. The van der Waals surface area contributed by atoms with Crippen LogP contribution in [0, 0.1) is 23.7 Å². The number of hydrogen-bond donors (Lipinski definition) is 0. The molecule has 5 rings (SSSR count). The van der Waals surface area contributed by atoms with Gasteiger partial charge in [-0.05, 0) is 42.4 Å². The SMILES string of the molecule is O=C1[C@H]2[C@H](C(=O)N1/N=C\c1cccc(Br)c1)[C@H]1C=C[C@H]2CC1. The molecule has 112 valence electrons. The van der Waals surface area contributed by atoms with Gasteiger partial charge in [0.25, 0.3) is 11.8 Å². The first-order valence-electron chi connectivity index (χ1n) is 7.51. The summed E-state index contributed by atoms with van der Waals surface area (Å²) in [6.45, 7) is 0. The van der Waals surface area contributed by atoms with Crippen molar-refractivity contribution in [3.8, 4) is 0 Å². The van der Waals surface area contributed by atoms with E-state index < -0.39 is 0 Å². The van der Waals surface area contributed by atoms with E-state index in [4.69, 9.17) is 0 Å². The zero-order valence-electron chi connectivity index (χ0n) is 11.9. The van der Waals surface area contributed by atoms with Gasteiger partial charge in [-0.25, -0.2) is 0 Å². The van der Waals surface area contributed by atoms with Gasteiger partial charge in [0.05, 0.1) is 18.1 Å². The van der Waals surface area contributed by atoms with E-state index in [1.807, 2.05) is 24.3 Å². The molecule has 0 spiro atoms. The Morgan fingerprint density at radius 2 is 1.73 bits per heavy atom. The molecule has 1 saturated heterocycles. The van der Waals surface area contributed by atoms with Crippen molar-refractivity contribution in [2.75, 3.05) is 0 Å². The number of carbonyl (C=O) groups excluding carboxylic acids is 2. The molecule has 1 aliphatic heterocycles. The lowest BCUT2D eigenvalue weighted by atomic mass is 9.63. The molecule has 2 fully saturated rings. The number of benzene rings is 1. The molecule has 2 amide bonds. The summed E-state index contributed by atoms with van der Waals surface area (Å²) in [5.74, 6) is -0.262. The first-order chi connectivity index (χ1) is 10.6. The first-order valence-corrected chi connectivity index (χ1v) is 8.30. The van der Waals surface area contributed by atoms with Gasteiger partial charge in [0.15, 0.2) is 0 Å². The fourth-order valence-corrected chi connectivity index (χ4v) is 4.30. The summed E-state index contributed by atoms with van der Waals surface area (Å²) >= 11 is 3.40. The van der Waals surface area contributed by atoms with Crippen LogP contribution < -0.4 is 0 Å². The van der Waals surface area contributed by atoms with Crippen LogP contribution in [-0.4, -0.2) is 23.0 Å². The van der Waals surface area contributed by atoms with E-state index in [0.29, 0.717) is 0 Å². The van der Waals surface area contributed by atoms with Crippen molar-refractivity contribution in [2.45, 2.75) is 12.8 Å². The van der Waals surface area contributed by atoms with Crippen molar-refractivity contribution in [2.24, 2.45) is 28.8 Å². The van der Waals surface area contributed by atoms with E-state index in [2.05, 4.69) is 33.2 Å². The van der Waals surface area contributed by atoms with Crippen LogP contribution in [0.2, 0.25) is 0 Å². The fraction of sp³-hybridized carbons (Fsp3) is 0.353. The topological polar surface area (TPSA) is 49.7 Å². The van der Waals surface area contributed by atoms with E-state index in [1.165, 1.54) is 0 Å². The lowest BCUT2D eigenvalue weighted by molar-refractivity contribution is -0.140. The van der Waals surface area contributed by atoms with E-state index in [0.717, 1.165) is 27.9 Å². The van der Waals surface area contributed by atoms with Crippen molar-refractivity contribution in [3.63, 3.8) is 0 Å². The van der Waals surface area contributed by atoms with Crippen LogP contribution in [0.15, 0.2) is 46.0 Å². The van der Waals surface area contributed by atoms with Crippen LogP contribution >= 0.6 is 15.9 Å². The number of nitrogens with zero attached hydrogens (tertiary/aromatic N) is 2. The zero-order chi connectivity index (χ0) is 15.3. The third-order valence-corrected chi connectivity index (χ3v) is 5.40. The van der Waals surface area contributed by atoms with Crippen LogP contribution in [0.25, 0.3) is 0 Å². The minimum absolute atomic E-state index is 0.139. The highest BCUT2D eigenvalue weighted by Crippen LogP contribution is 2.49. The third-order valence-electron chi connectivity index (χ3n) is 4.91. The summed E-state index contributed by atoms with van der Waals surface area (Å²) < 4.78 is 0.937. The molecule has 4 nitrogen and oxygen atoms in total. The predicted octanol–water partition coefficient (Wildman–Crippen LogP) is 2.98. The minimum atomic E-state index is -0.198. The normalized spacial score (nSPS) is 33.0. The molecule has 2 bridgehead atoms. The first kappa shape index (κ1) is 13.9. The Balaban J connectivity index is 1.61. The summed E-state index contributed by atoms with van der Waals surface area (Å²) in [7, 11) is 0. The maximum atomic E-state index is 12.6. The van der Waals surface area contributed by atoms with Crippen molar-refractivity contribution < 1.29 is 9.59 Å². The monoisotopic (exact) mass is 358 g/mol. The Morgan fingerprint density at radius 3 is 2.27 bits per heavy atom. The van der Waals surface area contributed by atoms with Crippen LogP contribution in [0.1, 0.15) is 18.4 Å². The van der Waals surface area contributed by atoms with E-state index in [9.17, 15) is 9.59 Å². The largest absolute Gasteiger partial charge is 0.272 e. The molecule has 4 aliphatic rings. The second kappa shape index (κ2) is 5.16. The summed E-state index contributed by atoms with van der Waals surface area (Å²) in [6.07, 6.45) is 7.81. The molecular weight excluding hydrogens is 344 g/mol. The lowest BCUT2D eigenvalue weighted by Gasteiger charge is -2.37. The van der Waals surface area contributed by atoms with E-state index in [-0.39, 0.29) is 35.5 Å². The van der Waals surface area contributed by atoms with Crippen molar-refractivity contribution in [3.05, 3.63) is 46.5 Å². The second-order valence-electron chi connectivity index (χ2n) is 6.13. The Hall–Kier alpha value is -1.75. The maximum Gasteiger partial charge on any atom is 0.254 e. The lowest BCUT2D eigenvalue weighted by Crippen LogP contribution is -2.38. The summed E-state index contributed by atoms with van der Waals surface area (Å²) in [5.41, 5.74) is 0.853. The highest BCUT2D eigenvalue weighted by atomic mass is 79.9. The number of fused-ring (bicyclic) bond motifs is 1. The van der Waals surface area contributed by atoms with Gasteiger partial charge in [-0.15, -0.1) is 0 Å². The Morgan fingerprint density at radius 1 is 1.09 bits per heavy atom. The van der Waals surface area contributed by atoms with Gasteiger partial charge in [0.1, 0.15) is 0 Å². The molecule has 3 aliphatic carbocycles. The van der Waals surface area contributed by atoms with Crippen molar-refractivity contribution in [1.29, 1.82) is 0 Å². The number of hydrogen-bond acceptors (Lipinski definition) is 3. The number of carbonyl (C=O) groups is 2. The Labute approximate surface area is 137 Å². The van der Waals surface area contributed by atoms with E-state index in [1.54, 1.807) is 6.21 Å². The summed E-state index contributed by atoms with van der Waals surface area (Å²) in [4.78, 5) is 25.2. The van der Waals surface area contributed by atoms with Crippen LogP contribution in [0.4, 0.5) is 0 Å². The molecule has 1 aromatic carbocycles. The quantitative estimate of drug-likeness (QED) is 0.463. The molecular formula is C17H15BrN2O2. The van der Waals surface area contributed by atoms with Gasteiger partial charge in [-0.1, -0.05) is 40.2 Å². The van der Waals surface area contributed by atoms with Crippen molar-refractivity contribution >= 4 is 34.0 Å². The molecule has 5 heteroatoms. The summed E-state index contributed by atoms with van der Waals surface area (Å²) in [6, 6.07) is 7.59. The number of halogens is 1. The van der Waals surface area contributed by atoms with Gasteiger partial charge in [0.2, 0.25) is 0 Å². The standard InChI is InChI=1S/C17H15BrN2O2/c18-13-3-1-2-10(8-13)9-19-20-16(21)14-11-4-5-12(7-6-11)15(14)17(20)22/h1-5,8-9,11-12,14-15H,6-7H2/b19-9-/t11-,12-,14+,15+/m0/s1. The van der Waals surface area contributed by atoms with Crippen LogP contribution in [0.5, 0.6) is 0 Å². The van der Waals surface area contributed by atoms with E-state index >= 15 is 0 Å². The van der Waals surface area contributed by atoms with Crippen molar-refractivity contribution in [1.82, 2.24) is 5.01 Å². The number of amides is 2. The molecule has 1 heterocycles. The molecule has 22 heavy (non-hydrogen) atoms. The van der Waals surface area contributed by atoms with Crippen LogP contribution in [0.3, 0.4) is 0 Å². The van der Waals surface area contributed by atoms with Gasteiger partial charge in [-0.2, -0.15) is 10.1 Å². The molecule has 0 radical (unpaired) electrons. The highest BCUT2D eigenvalue weighted by molar-refractivity contribution is 9.10. The molecule has 0 N–H and O–H groups in total. The summed E-state index contributed by atoms with van der Waals surface area (Å²) in [5, 5.41) is 5.27.